The molecule has 3 rings (SSSR count). The molecule has 4 nitrogen and oxygen atoms in total. The Hall–Kier alpha value is -2.35. The zero-order valence-corrected chi connectivity index (χ0v) is 12.9. The van der Waals surface area contributed by atoms with Crippen LogP contribution in [0.5, 0.6) is 0 Å². The Balaban J connectivity index is 2.50. The lowest BCUT2D eigenvalue weighted by Crippen LogP contribution is -2.29. The molecular weight excluding hydrogens is 377 g/mol. The third kappa shape index (κ3) is 2.70. The SMILES string of the molecule is O=c1[nH]c(=O)n(-c2ccccc2)c2cc(C(F)(F)F)c(Br)cc12. The largest absolute Gasteiger partial charge is 0.417 e. The fraction of sp³-hybridized carbons (Fsp3) is 0.0667. The van der Waals surface area contributed by atoms with Gasteiger partial charge in [0.2, 0.25) is 0 Å². The Morgan fingerprint density at radius 3 is 2.30 bits per heavy atom. The predicted molar refractivity (Wildman–Crippen MR) is 82.9 cm³/mol. The Kier molecular flexibility index (Phi) is 3.63. The molecule has 1 heterocycles. The molecule has 1 aromatic heterocycles. The van der Waals surface area contributed by atoms with Crippen molar-refractivity contribution in [1.82, 2.24) is 9.55 Å². The van der Waals surface area contributed by atoms with E-state index in [9.17, 15) is 22.8 Å². The standard InChI is InChI=1S/C15H8BrF3N2O2/c16-11-6-9-12(7-10(11)15(17,18)19)21(14(23)20-13(9)22)8-4-2-1-3-5-8/h1-7H,(H,20,22,23). The second-order valence-corrected chi connectivity index (χ2v) is 5.63. The van der Waals surface area contributed by atoms with E-state index in [1.165, 1.54) is 0 Å². The quantitative estimate of drug-likeness (QED) is 0.698. The number of hydrogen-bond acceptors (Lipinski definition) is 2. The van der Waals surface area contributed by atoms with Gasteiger partial charge in [-0.2, -0.15) is 13.2 Å². The van der Waals surface area contributed by atoms with E-state index in [4.69, 9.17) is 0 Å². The van der Waals surface area contributed by atoms with Crippen molar-refractivity contribution in [2.45, 2.75) is 6.18 Å². The van der Waals surface area contributed by atoms with Crippen LogP contribution in [0.3, 0.4) is 0 Å². The smallest absolute Gasteiger partial charge is 0.273 e. The van der Waals surface area contributed by atoms with Crippen molar-refractivity contribution in [2.24, 2.45) is 0 Å². The molecule has 0 aliphatic carbocycles. The van der Waals surface area contributed by atoms with Crippen molar-refractivity contribution in [3.63, 3.8) is 0 Å². The molecule has 0 fully saturated rings. The number of aromatic nitrogens is 2. The fourth-order valence-electron chi connectivity index (χ4n) is 2.31. The summed E-state index contributed by atoms with van der Waals surface area (Å²) in [6.07, 6.45) is -4.62. The average molecular weight is 385 g/mol. The first-order chi connectivity index (χ1) is 10.8. The Bertz CT molecular complexity index is 1010. The number of aromatic amines is 1. The van der Waals surface area contributed by atoms with Crippen LogP contribution in [-0.2, 0) is 6.18 Å². The zero-order valence-electron chi connectivity index (χ0n) is 11.3. The van der Waals surface area contributed by atoms with Crippen LogP contribution in [0.15, 0.2) is 56.5 Å². The fourth-order valence-corrected chi connectivity index (χ4v) is 2.88. The Labute approximate surface area is 135 Å². The van der Waals surface area contributed by atoms with Gasteiger partial charge in [-0.25, -0.2) is 4.79 Å². The maximum absolute atomic E-state index is 13.1. The number of rotatable bonds is 1. The monoisotopic (exact) mass is 384 g/mol. The molecule has 0 spiro atoms. The summed E-state index contributed by atoms with van der Waals surface area (Å²) in [6.45, 7) is 0. The van der Waals surface area contributed by atoms with Gasteiger partial charge in [-0.1, -0.05) is 34.1 Å². The summed E-state index contributed by atoms with van der Waals surface area (Å²) in [5.41, 5.74) is -2.26. The number of halogens is 4. The number of nitrogens with one attached hydrogen (secondary N) is 1. The molecule has 0 aliphatic heterocycles. The highest BCUT2D eigenvalue weighted by Gasteiger charge is 2.34. The van der Waals surface area contributed by atoms with Crippen LogP contribution in [0.25, 0.3) is 16.6 Å². The number of para-hydroxylation sites is 1. The third-order valence-electron chi connectivity index (χ3n) is 3.31. The molecule has 0 radical (unpaired) electrons. The van der Waals surface area contributed by atoms with Gasteiger partial charge >= 0.3 is 11.9 Å². The van der Waals surface area contributed by atoms with Gasteiger partial charge in [0.05, 0.1) is 22.2 Å². The van der Waals surface area contributed by atoms with Crippen LogP contribution in [0.1, 0.15) is 5.56 Å². The van der Waals surface area contributed by atoms with Gasteiger partial charge in [-0.3, -0.25) is 14.3 Å². The molecule has 23 heavy (non-hydrogen) atoms. The van der Waals surface area contributed by atoms with Gasteiger partial charge in [0.1, 0.15) is 0 Å². The van der Waals surface area contributed by atoms with E-state index in [1.807, 2.05) is 0 Å². The first-order valence-corrected chi connectivity index (χ1v) is 7.19. The van der Waals surface area contributed by atoms with Crippen molar-refractivity contribution in [2.75, 3.05) is 0 Å². The van der Waals surface area contributed by atoms with Crippen molar-refractivity contribution in [1.29, 1.82) is 0 Å². The van der Waals surface area contributed by atoms with Crippen molar-refractivity contribution in [3.8, 4) is 5.69 Å². The summed E-state index contributed by atoms with van der Waals surface area (Å²) >= 11 is 2.83. The second kappa shape index (κ2) is 5.38. The number of fused-ring (bicyclic) bond motifs is 1. The summed E-state index contributed by atoms with van der Waals surface area (Å²) in [5.74, 6) is 0. The van der Waals surface area contributed by atoms with E-state index in [-0.39, 0.29) is 15.4 Å². The first kappa shape index (κ1) is 15.5. The van der Waals surface area contributed by atoms with E-state index >= 15 is 0 Å². The van der Waals surface area contributed by atoms with Gasteiger partial charge < -0.3 is 0 Å². The van der Waals surface area contributed by atoms with E-state index in [0.717, 1.165) is 16.7 Å². The van der Waals surface area contributed by atoms with Gasteiger partial charge in [0.25, 0.3) is 5.56 Å². The molecule has 8 heteroatoms. The Morgan fingerprint density at radius 1 is 1.04 bits per heavy atom. The molecule has 0 aliphatic rings. The summed E-state index contributed by atoms with van der Waals surface area (Å²) < 4.78 is 40.1. The number of alkyl halides is 3. The molecular formula is C15H8BrF3N2O2. The van der Waals surface area contributed by atoms with E-state index < -0.39 is 23.0 Å². The van der Waals surface area contributed by atoms with Crippen LogP contribution in [0.4, 0.5) is 13.2 Å². The predicted octanol–water partition coefficient (Wildman–Crippen LogP) is 3.46. The van der Waals surface area contributed by atoms with Gasteiger partial charge in [0, 0.05) is 4.47 Å². The van der Waals surface area contributed by atoms with Crippen molar-refractivity contribution >= 4 is 26.8 Å². The first-order valence-electron chi connectivity index (χ1n) is 6.40. The van der Waals surface area contributed by atoms with Crippen molar-refractivity contribution < 1.29 is 13.2 Å². The number of hydrogen-bond donors (Lipinski definition) is 1. The minimum atomic E-state index is -4.62. The number of H-pyrrole nitrogens is 1. The van der Waals surface area contributed by atoms with Crippen LogP contribution in [0.2, 0.25) is 0 Å². The minimum Gasteiger partial charge on any atom is -0.273 e. The molecule has 2 aromatic carbocycles. The molecule has 0 saturated heterocycles. The van der Waals surface area contributed by atoms with Crippen LogP contribution in [-0.4, -0.2) is 9.55 Å². The van der Waals surface area contributed by atoms with E-state index in [0.29, 0.717) is 5.69 Å². The minimum absolute atomic E-state index is 0.0201. The molecule has 1 N–H and O–H groups in total. The van der Waals surface area contributed by atoms with Crippen LogP contribution < -0.4 is 11.2 Å². The summed E-state index contributed by atoms with van der Waals surface area (Å²) in [6, 6.07) is 9.98. The normalized spacial score (nSPS) is 11.8. The molecule has 0 bridgehead atoms. The topological polar surface area (TPSA) is 54.9 Å². The van der Waals surface area contributed by atoms with Crippen molar-refractivity contribution in [3.05, 3.63) is 73.3 Å². The summed E-state index contributed by atoms with van der Waals surface area (Å²) in [5, 5.41) is -0.0201. The summed E-state index contributed by atoms with van der Waals surface area (Å²) in [7, 11) is 0. The third-order valence-corrected chi connectivity index (χ3v) is 3.97. The molecule has 3 aromatic rings. The number of nitrogens with zero attached hydrogens (tertiary/aromatic N) is 1. The lowest BCUT2D eigenvalue weighted by molar-refractivity contribution is -0.138. The molecule has 0 amide bonds. The van der Waals surface area contributed by atoms with E-state index in [2.05, 4.69) is 20.9 Å². The Morgan fingerprint density at radius 2 is 1.70 bits per heavy atom. The zero-order chi connectivity index (χ0) is 16.8. The highest BCUT2D eigenvalue weighted by molar-refractivity contribution is 9.10. The number of benzene rings is 2. The molecule has 118 valence electrons. The maximum Gasteiger partial charge on any atom is 0.417 e. The summed E-state index contributed by atoms with van der Waals surface area (Å²) in [4.78, 5) is 26.2. The van der Waals surface area contributed by atoms with Gasteiger partial charge in [-0.15, -0.1) is 0 Å². The highest BCUT2D eigenvalue weighted by Crippen LogP contribution is 2.36. The van der Waals surface area contributed by atoms with E-state index in [1.54, 1.807) is 30.3 Å². The van der Waals surface area contributed by atoms with Gasteiger partial charge in [-0.05, 0) is 24.3 Å². The molecule has 0 atom stereocenters. The molecule has 0 unspecified atom stereocenters. The lowest BCUT2D eigenvalue weighted by Gasteiger charge is -2.14. The highest BCUT2D eigenvalue weighted by atomic mass is 79.9. The van der Waals surface area contributed by atoms with Gasteiger partial charge in [0.15, 0.2) is 0 Å². The second-order valence-electron chi connectivity index (χ2n) is 4.78. The maximum atomic E-state index is 13.1. The van der Waals surface area contributed by atoms with Crippen LogP contribution >= 0.6 is 15.9 Å². The lowest BCUT2D eigenvalue weighted by atomic mass is 10.1. The molecule has 0 saturated carbocycles. The average Bonchev–Trinajstić information content (AvgIpc) is 2.47. The van der Waals surface area contributed by atoms with Crippen LogP contribution in [0, 0.1) is 0 Å².